The van der Waals surface area contributed by atoms with E-state index >= 15 is 0 Å². The number of rotatable bonds is 4. The largest absolute Gasteiger partial charge is 0.384 e. The van der Waals surface area contributed by atoms with E-state index in [0.29, 0.717) is 32.7 Å². The molecule has 2 saturated heterocycles. The number of benzene rings is 1. The molecule has 2 atom stereocenters. The zero-order valence-corrected chi connectivity index (χ0v) is 14.0. The van der Waals surface area contributed by atoms with Gasteiger partial charge < -0.3 is 9.47 Å². The number of sulfonamides is 1. The highest BCUT2D eigenvalue weighted by Gasteiger charge is 2.48. The molecule has 23 heavy (non-hydrogen) atoms. The first kappa shape index (κ1) is 16.8. The molecule has 3 rings (SSSR count). The SMILES string of the molecule is COC[C@]12CCCO[C@@H]1CCN(S(=O)(=O)c1ccccc1F)C2. The first-order chi connectivity index (χ1) is 11.0. The molecule has 0 N–H and O–H groups in total. The molecule has 2 aliphatic heterocycles. The van der Waals surface area contributed by atoms with E-state index in [-0.39, 0.29) is 16.4 Å². The highest BCUT2D eigenvalue weighted by atomic mass is 32.2. The van der Waals surface area contributed by atoms with Crippen LogP contribution >= 0.6 is 0 Å². The molecule has 5 nitrogen and oxygen atoms in total. The Kier molecular flexibility index (Phi) is 4.73. The van der Waals surface area contributed by atoms with Crippen LogP contribution in [0.25, 0.3) is 0 Å². The van der Waals surface area contributed by atoms with E-state index in [0.717, 1.165) is 12.8 Å². The summed E-state index contributed by atoms with van der Waals surface area (Å²) in [5, 5.41) is 0. The van der Waals surface area contributed by atoms with Crippen molar-refractivity contribution in [1.82, 2.24) is 4.31 Å². The van der Waals surface area contributed by atoms with Crippen molar-refractivity contribution >= 4 is 10.0 Å². The summed E-state index contributed by atoms with van der Waals surface area (Å²) >= 11 is 0. The van der Waals surface area contributed by atoms with Crippen LogP contribution < -0.4 is 0 Å². The fraction of sp³-hybridized carbons (Fsp3) is 0.625. The second-order valence-electron chi connectivity index (χ2n) is 6.32. The fourth-order valence-corrected chi connectivity index (χ4v) is 5.36. The molecular formula is C16H22FNO4S. The van der Waals surface area contributed by atoms with Gasteiger partial charge in [0.25, 0.3) is 0 Å². The summed E-state index contributed by atoms with van der Waals surface area (Å²) in [6.45, 7) is 1.80. The zero-order valence-electron chi connectivity index (χ0n) is 13.2. The lowest BCUT2D eigenvalue weighted by molar-refractivity contribution is -0.137. The molecule has 7 heteroatoms. The fourth-order valence-electron chi connectivity index (χ4n) is 3.75. The first-order valence-electron chi connectivity index (χ1n) is 7.85. The summed E-state index contributed by atoms with van der Waals surface area (Å²) in [5.41, 5.74) is -0.344. The Hall–Kier alpha value is -1.02. The second kappa shape index (κ2) is 6.47. The molecule has 128 valence electrons. The Labute approximate surface area is 136 Å². The number of methoxy groups -OCH3 is 1. The summed E-state index contributed by atoms with van der Waals surface area (Å²) in [6, 6.07) is 5.52. The van der Waals surface area contributed by atoms with Gasteiger partial charge in [0, 0.05) is 32.2 Å². The van der Waals surface area contributed by atoms with Gasteiger partial charge in [0.2, 0.25) is 10.0 Å². The van der Waals surface area contributed by atoms with E-state index < -0.39 is 15.8 Å². The van der Waals surface area contributed by atoms with Gasteiger partial charge in [-0.05, 0) is 31.4 Å². The van der Waals surface area contributed by atoms with E-state index in [1.807, 2.05) is 0 Å². The summed E-state index contributed by atoms with van der Waals surface area (Å²) in [5.74, 6) is -0.713. The zero-order chi connectivity index (χ0) is 16.5. The number of halogens is 1. The molecular weight excluding hydrogens is 321 g/mol. The van der Waals surface area contributed by atoms with Gasteiger partial charge in [-0.2, -0.15) is 4.31 Å². The van der Waals surface area contributed by atoms with Gasteiger partial charge in [0.1, 0.15) is 10.7 Å². The molecule has 0 saturated carbocycles. The van der Waals surface area contributed by atoms with Gasteiger partial charge >= 0.3 is 0 Å². The maximum atomic E-state index is 14.0. The molecule has 0 aromatic heterocycles. The van der Waals surface area contributed by atoms with E-state index in [2.05, 4.69) is 0 Å². The van der Waals surface area contributed by atoms with Crippen LogP contribution in [0.15, 0.2) is 29.2 Å². The standard InChI is InChI=1S/C16H22FNO4S/c1-21-12-16-8-4-10-22-15(16)7-9-18(11-16)23(19,20)14-6-3-2-5-13(14)17/h2-3,5-6,15H,4,7-12H2,1H3/t15-,16-/m1/s1. The van der Waals surface area contributed by atoms with E-state index in [4.69, 9.17) is 9.47 Å². The van der Waals surface area contributed by atoms with Crippen molar-refractivity contribution < 1.29 is 22.3 Å². The average Bonchev–Trinajstić information content (AvgIpc) is 2.54. The van der Waals surface area contributed by atoms with Crippen molar-refractivity contribution in [1.29, 1.82) is 0 Å². The Morgan fingerprint density at radius 2 is 2.22 bits per heavy atom. The van der Waals surface area contributed by atoms with E-state index in [9.17, 15) is 12.8 Å². The summed E-state index contributed by atoms with van der Waals surface area (Å²) < 4.78 is 52.2. The topological polar surface area (TPSA) is 55.8 Å². The minimum Gasteiger partial charge on any atom is -0.384 e. The van der Waals surface area contributed by atoms with E-state index in [1.165, 1.54) is 28.6 Å². The van der Waals surface area contributed by atoms with Crippen LogP contribution in [0.3, 0.4) is 0 Å². The number of ether oxygens (including phenoxy) is 2. The van der Waals surface area contributed by atoms with Crippen LogP contribution in [0, 0.1) is 11.2 Å². The highest BCUT2D eigenvalue weighted by Crippen LogP contribution is 2.41. The number of fused-ring (bicyclic) bond motifs is 1. The van der Waals surface area contributed by atoms with Crippen molar-refractivity contribution in [3.05, 3.63) is 30.1 Å². The van der Waals surface area contributed by atoms with Crippen LogP contribution in [-0.2, 0) is 19.5 Å². The van der Waals surface area contributed by atoms with Gasteiger partial charge in [-0.25, -0.2) is 12.8 Å². The van der Waals surface area contributed by atoms with Crippen LogP contribution in [0.2, 0.25) is 0 Å². The van der Waals surface area contributed by atoms with Crippen LogP contribution in [-0.4, -0.2) is 52.2 Å². The van der Waals surface area contributed by atoms with Crippen LogP contribution in [0.1, 0.15) is 19.3 Å². The number of hydrogen-bond acceptors (Lipinski definition) is 4. The monoisotopic (exact) mass is 343 g/mol. The molecule has 2 heterocycles. The maximum Gasteiger partial charge on any atom is 0.246 e. The molecule has 0 aliphatic carbocycles. The smallest absolute Gasteiger partial charge is 0.246 e. The van der Waals surface area contributed by atoms with Gasteiger partial charge in [-0.1, -0.05) is 12.1 Å². The van der Waals surface area contributed by atoms with Crippen molar-refractivity contribution in [2.75, 3.05) is 33.4 Å². The minimum atomic E-state index is -3.85. The van der Waals surface area contributed by atoms with Crippen molar-refractivity contribution in [3.8, 4) is 0 Å². The summed E-state index contributed by atoms with van der Waals surface area (Å²) in [7, 11) is -2.24. The molecule has 0 spiro atoms. The normalized spacial score (nSPS) is 29.2. The predicted octanol–water partition coefficient (Wildman–Crippen LogP) is 2.03. The molecule has 2 aliphatic rings. The third-order valence-corrected chi connectivity index (χ3v) is 6.72. The van der Waals surface area contributed by atoms with E-state index in [1.54, 1.807) is 7.11 Å². The molecule has 0 unspecified atom stereocenters. The predicted molar refractivity (Wildman–Crippen MR) is 83.1 cm³/mol. The van der Waals surface area contributed by atoms with Crippen molar-refractivity contribution in [2.45, 2.75) is 30.3 Å². The minimum absolute atomic E-state index is 0.00303. The number of piperidine rings is 1. The Morgan fingerprint density at radius 1 is 1.43 bits per heavy atom. The second-order valence-corrected chi connectivity index (χ2v) is 8.22. The quantitative estimate of drug-likeness (QED) is 0.839. The molecule has 1 aromatic carbocycles. The molecule has 0 radical (unpaired) electrons. The van der Waals surface area contributed by atoms with Gasteiger partial charge in [-0.3, -0.25) is 0 Å². The number of hydrogen-bond donors (Lipinski definition) is 0. The average molecular weight is 343 g/mol. The third kappa shape index (κ3) is 3.03. The van der Waals surface area contributed by atoms with Crippen molar-refractivity contribution in [3.63, 3.8) is 0 Å². The van der Waals surface area contributed by atoms with Gasteiger partial charge in [-0.15, -0.1) is 0 Å². The molecule has 1 aromatic rings. The summed E-state index contributed by atoms with van der Waals surface area (Å²) in [6.07, 6.45) is 2.35. The third-order valence-electron chi connectivity index (χ3n) is 4.84. The summed E-state index contributed by atoms with van der Waals surface area (Å²) in [4.78, 5) is -0.261. The van der Waals surface area contributed by atoms with Crippen molar-refractivity contribution in [2.24, 2.45) is 5.41 Å². The molecule has 2 fully saturated rings. The van der Waals surface area contributed by atoms with Crippen LogP contribution in [0.5, 0.6) is 0 Å². The first-order valence-corrected chi connectivity index (χ1v) is 9.29. The Bertz CT molecular complexity index is 662. The lowest BCUT2D eigenvalue weighted by Crippen LogP contribution is -2.57. The Morgan fingerprint density at radius 3 is 2.96 bits per heavy atom. The van der Waals surface area contributed by atoms with Crippen LogP contribution in [0.4, 0.5) is 4.39 Å². The molecule has 0 amide bonds. The lowest BCUT2D eigenvalue weighted by Gasteiger charge is -2.49. The lowest BCUT2D eigenvalue weighted by atomic mass is 9.73. The number of nitrogens with zero attached hydrogens (tertiary/aromatic N) is 1. The highest BCUT2D eigenvalue weighted by molar-refractivity contribution is 7.89. The molecule has 0 bridgehead atoms. The maximum absolute atomic E-state index is 14.0. The Balaban J connectivity index is 1.91. The van der Waals surface area contributed by atoms with Gasteiger partial charge in [0.15, 0.2) is 0 Å². The van der Waals surface area contributed by atoms with Gasteiger partial charge in [0.05, 0.1) is 12.7 Å².